The van der Waals surface area contributed by atoms with E-state index in [4.69, 9.17) is 0 Å². The van der Waals surface area contributed by atoms with Gasteiger partial charge in [-0.1, -0.05) is 66.7 Å². The molecule has 0 bridgehead atoms. The first-order valence-corrected chi connectivity index (χ1v) is 12.9. The van der Waals surface area contributed by atoms with Gasteiger partial charge in [-0.05, 0) is 55.5 Å². The first-order chi connectivity index (χ1) is 17.2. The minimum Gasteiger partial charge on any atom is -0.356 e. The first-order valence-electron chi connectivity index (χ1n) is 12.9. The predicted molar refractivity (Wildman–Crippen MR) is 142 cm³/mol. The van der Waals surface area contributed by atoms with Gasteiger partial charge in [0.15, 0.2) is 0 Å². The number of hydrogen-bond acceptors (Lipinski definition) is 4. The van der Waals surface area contributed by atoms with Gasteiger partial charge in [-0.25, -0.2) is 0 Å². The molecule has 1 fully saturated rings. The number of unbranched alkanes of at least 4 members (excludes halogenated alkanes) is 1. The lowest BCUT2D eigenvalue weighted by atomic mass is 9.96. The summed E-state index contributed by atoms with van der Waals surface area (Å²) in [6.45, 7) is 8.15. The molecule has 0 unspecified atom stereocenters. The van der Waals surface area contributed by atoms with Gasteiger partial charge < -0.3 is 10.2 Å². The standard InChI is InChI=1S/C30H38N4O/c1-25-14-15-26(24-32-25)16-17-29(35)31-18-8-9-19-33-20-22-34(23-21-33)30(27-10-4-2-5-11-27)28-12-6-3-7-13-28/h2-7,10-15,24,30H,8-9,16-23H2,1H3,(H,31,35). The Labute approximate surface area is 210 Å². The maximum atomic E-state index is 12.1. The molecule has 1 aliphatic heterocycles. The number of piperazine rings is 1. The highest BCUT2D eigenvalue weighted by Gasteiger charge is 2.26. The van der Waals surface area contributed by atoms with Gasteiger partial charge in [0.1, 0.15) is 0 Å². The Morgan fingerprint density at radius 2 is 1.54 bits per heavy atom. The molecule has 5 nitrogen and oxygen atoms in total. The fourth-order valence-corrected chi connectivity index (χ4v) is 4.81. The Balaban J connectivity index is 1.15. The van der Waals surface area contributed by atoms with Gasteiger partial charge in [-0.2, -0.15) is 0 Å². The summed E-state index contributed by atoms with van der Waals surface area (Å²) in [6.07, 6.45) is 5.27. The quantitative estimate of drug-likeness (QED) is 0.415. The van der Waals surface area contributed by atoms with Crippen LogP contribution in [0.4, 0.5) is 0 Å². The zero-order valence-corrected chi connectivity index (χ0v) is 20.9. The van der Waals surface area contributed by atoms with E-state index in [-0.39, 0.29) is 5.91 Å². The number of pyridine rings is 1. The van der Waals surface area contributed by atoms with E-state index >= 15 is 0 Å². The minimum atomic E-state index is 0.132. The number of nitrogens with one attached hydrogen (secondary N) is 1. The van der Waals surface area contributed by atoms with Crippen LogP contribution in [0, 0.1) is 6.92 Å². The molecule has 0 saturated carbocycles. The van der Waals surface area contributed by atoms with E-state index in [0.717, 1.165) is 69.8 Å². The van der Waals surface area contributed by atoms with Crippen LogP contribution in [-0.4, -0.2) is 60.0 Å². The Hall–Kier alpha value is -3.02. The summed E-state index contributed by atoms with van der Waals surface area (Å²) in [5, 5.41) is 3.07. The summed E-state index contributed by atoms with van der Waals surface area (Å²) in [7, 11) is 0. The third kappa shape index (κ3) is 7.74. The lowest BCUT2D eigenvalue weighted by Gasteiger charge is -2.39. The normalized spacial score (nSPS) is 14.8. The molecule has 35 heavy (non-hydrogen) atoms. The fraction of sp³-hybridized carbons (Fsp3) is 0.400. The van der Waals surface area contributed by atoms with Crippen LogP contribution in [0.15, 0.2) is 79.0 Å². The van der Waals surface area contributed by atoms with Crippen LogP contribution in [0.1, 0.15) is 47.7 Å². The Morgan fingerprint density at radius 1 is 0.886 bits per heavy atom. The van der Waals surface area contributed by atoms with Crippen molar-refractivity contribution in [3.8, 4) is 0 Å². The molecule has 1 N–H and O–H groups in total. The molecule has 2 aromatic carbocycles. The second-order valence-electron chi connectivity index (χ2n) is 9.47. The van der Waals surface area contributed by atoms with Crippen LogP contribution < -0.4 is 5.32 Å². The molecule has 2 heterocycles. The van der Waals surface area contributed by atoms with Crippen LogP contribution in [-0.2, 0) is 11.2 Å². The number of benzene rings is 2. The van der Waals surface area contributed by atoms with E-state index in [0.29, 0.717) is 12.5 Å². The number of aromatic nitrogens is 1. The summed E-state index contributed by atoms with van der Waals surface area (Å²) in [5.74, 6) is 0.132. The minimum absolute atomic E-state index is 0.132. The van der Waals surface area contributed by atoms with Crippen molar-refractivity contribution in [1.29, 1.82) is 0 Å². The van der Waals surface area contributed by atoms with E-state index in [2.05, 4.69) is 86.8 Å². The number of amides is 1. The van der Waals surface area contributed by atoms with E-state index in [1.807, 2.05) is 19.2 Å². The molecular formula is C30H38N4O. The lowest BCUT2D eigenvalue weighted by Crippen LogP contribution is -2.48. The zero-order chi connectivity index (χ0) is 24.3. The predicted octanol–water partition coefficient (Wildman–Crippen LogP) is 4.63. The summed E-state index contributed by atoms with van der Waals surface area (Å²) in [4.78, 5) is 21.6. The molecule has 3 aromatic rings. The summed E-state index contributed by atoms with van der Waals surface area (Å²) in [6, 6.07) is 26.1. The molecular weight excluding hydrogens is 432 g/mol. The van der Waals surface area contributed by atoms with Crippen molar-refractivity contribution in [1.82, 2.24) is 20.1 Å². The largest absolute Gasteiger partial charge is 0.356 e. The van der Waals surface area contributed by atoms with Crippen LogP contribution in [0.3, 0.4) is 0 Å². The molecule has 0 atom stereocenters. The Morgan fingerprint density at radius 3 is 2.14 bits per heavy atom. The smallest absolute Gasteiger partial charge is 0.220 e. The molecule has 0 spiro atoms. The van der Waals surface area contributed by atoms with Gasteiger partial charge in [0, 0.05) is 51.0 Å². The average molecular weight is 471 g/mol. The molecule has 1 aromatic heterocycles. The Kier molecular flexibility index (Phi) is 9.44. The number of hydrogen-bond donors (Lipinski definition) is 1. The molecule has 5 heteroatoms. The molecule has 1 amide bonds. The van der Waals surface area contributed by atoms with Crippen molar-refractivity contribution >= 4 is 5.91 Å². The molecule has 0 aliphatic carbocycles. The molecule has 1 aliphatic rings. The maximum Gasteiger partial charge on any atom is 0.220 e. The SMILES string of the molecule is Cc1ccc(CCC(=O)NCCCCN2CCN(C(c3ccccc3)c3ccccc3)CC2)cn1. The summed E-state index contributed by atoms with van der Waals surface area (Å²) in [5.41, 5.74) is 4.85. The van der Waals surface area contributed by atoms with Crippen molar-refractivity contribution < 1.29 is 4.79 Å². The maximum absolute atomic E-state index is 12.1. The van der Waals surface area contributed by atoms with Crippen molar-refractivity contribution in [2.24, 2.45) is 0 Å². The van der Waals surface area contributed by atoms with Crippen LogP contribution in [0.2, 0.25) is 0 Å². The van der Waals surface area contributed by atoms with Gasteiger partial charge in [0.25, 0.3) is 0 Å². The fourth-order valence-electron chi connectivity index (χ4n) is 4.81. The number of carbonyl (C=O) groups is 1. The second kappa shape index (κ2) is 13.2. The van der Waals surface area contributed by atoms with Gasteiger partial charge in [0.2, 0.25) is 5.91 Å². The Bertz CT molecular complexity index is 976. The zero-order valence-electron chi connectivity index (χ0n) is 20.9. The number of rotatable bonds is 11. The number of nitrogens with zero attached hydrogens (tertiary/aromatic N) is 3. The summed E-state index contributed by atoms with van der Waals surface area (Å²) >= 11 is 0. The van der Waals surface area contributed by atoms with Gasteiger partial charge in [-0.3, -0.25) is 14.7 Å². The third-order valence-corrected chi connectivity index (χ3v) is 6.84. The lowest BCUT2D eigenvalue weighted by molar-refractivity contribution is -0.121. The number of carbonyl (C=O) groups excluding carboxylic acids is 1. The highest BCUT2D eigenvalue weighted by atomic mass is 16.1. The number of aryl methyl sites for hydroxylation is 2. The van der Waals surface area contributed by atoms with Gasteiger partial charge in [0.05, 0.1) is 6.04 Å². The van der Waals surface area contributed by atoms with Crippen LogP contribution in [0.25, 0.3) is 0 Å². The third-order valence-electron chi connectivity index (χ3n) is 6.84. The monoisotopic (exact) mass is 470 g/mol. The highest BCUT2D eigenvalue weighted by Crippen LogP contribution is 2.29. The van der Waals surface area contributed by atoms with E-state index in [1.54, 1.807) is 0 Å². The van der Waals surface area contributed by atoms with E-state index < -0.39 is 0 Å². The van der Waals surface area contributed by atoms with Crippen molar-refractivity contribution in [2.45, 2.75) is 38.6 Å². The van der Waals surface area contributed by atoms with Crippen molar-refractivity contribution in [3.63, 3.8) is 0 Å². The van der Waals surface area contributed by atoms with Gasteiger partial charge >= 0.3 is 0 Å². The van der Waals surface area contributed by atoms with Crippen LogP contribution in [0.5, 0.6) is 0 Å². The molecule has 0 radical (unpaired) electrons. The molecule has 184 valence electrons. The van der Waals surface area contributed by atoms with Crippen LogP contribution >= 0.6 is 0 Å². The van der Waals surface area contributed by atoms with Gasteiger partial charge in [-0.15, -0.1) is 0 Å². The van der Waals surface area contributed by atoms with E-state index in [9.17, 15) is 4.79 Å². The van der Waals surface area contributed by atoms with Crippen molar-refractivity contribution in [2.75, 3.05) is 39.3 Å². The first kappa shape index (κ1) is 25.1. The summed E-state index contributed by atoms with van der Waals surface area (Å²) < 4.78 is 0. The molecule has 4 rings (SSSR count). The highest BCUT2D eigenvalue weighted by molar-refractivity contribution is 5.76. The second-order valence-corrected chi connectivity index (χ2v) is 9.47. The topological polar surface area (TPSA) is 48.5 Å². The van der Waals surface area contributed by atoms with E-state index in [1.165, 1.54) is 11.1 Å². The average Bonchev–Trinajstić information content (AvgIpc) is 2.90. The van der Waals surface area contributed by atoms with Crippen molar-refractivity contribution in [3.05, 3.63) is 101 Å². The molecule has 1 saturated heterocycles.